The molecule has 0 bridgehead atoms. The first-order chi connectivity index (χ1) is 4.47. The lowest BCUT2D eigenvalue weighted by Crippen LogP contribution is -2.06. The highest BCUT2D eigenvalue weighted by molar-refractivity contribution is 5.59. The molecule has 46 valence electrons. The Morgan fingerprint density at radius 2 is 2.67 bits per heavy atom. The van der Waals surface area contributed by atoms with Crippen molar-refractivity contribution in [1.82, 2.24) is 4.57 Å². The Labute approximate surface area is 52.5 Å². The number of oxime groups is 1. The summed E-state index contributed by atoms with van der Waals surface area (Å²) in [6, 6.07) is 3.97. The summed E-state index contributed by atoms with van der Waals surface area (Å²) >= 11 is 0. The van der Waals surface area contributed by atoms with Crippen molar-refractivity contribution in [3.63, 3.8) is 0 Å². The second kappa shape index (κ2) is 1.62. The monoisotopic (exact) mass is 122 g/mol. The van der Waals surface area contributed by atoms with Gasteiger partial charge in [0.15, 0.2) is 6.61 Å². The quantitative estimate of drug-likeness (QED) is 0.500. The third-order valence-electron chi connectivity index (χ3n) is 1.33. The van der Waals surface area contributed by atoms with E-state index < -0.39 is 0 Å². The minimum atomic E-state index is 0.587. The van der Waals surface area contributed by atoms with Crippen LogP contribution >= 0.6 is 0 Å². The van der Waals surface area contributed by atoms with Gasteiger partial charge in [0.1, 0.15) is 6.34 Å². The van der Waals surface area contributed by atoms with Gasteiger partial charge in [0.2, 0.25) is 0 Å². The van der Waals surface area contributed by atoms with Crippen LogP contribution in [-0.2, 0) is 11.4 Å². The maximum atomic E-state index is 4.80. The topological polar surface area (TPSA) is 26.5 Å². The van der Waals surface area contributed by atoms with Crippen molar-refractivity contribution < 1.29 is 4.84 Å². The molecule has 1 aliphatic rings. The van der Waals surface area contributed by atoms with Crippen LogP contribution in [0.4, 0.5) is 0 Å². The van der Waals surface area contributed by atoms with Gasteiger partial charge in [-0.1, -0.05) is 5.16 Å². The van der Waals surface area contributed by atoms with Crippen LogP contribution in [0, 0.1) is 0 Å². The molecule has 9 heavy (non-hydrogen) atoms. The van der Waals surface area contributed by atoms with E-state index in [0.717, 1.165) is 5.69 Å². The first-order valence-corrected chi connectivity index (χ1v) is 2.78. The van der Waals surface area contributed by atoms with Gasteiger partial charge in [-0.05, 0) is 12.1 Å². The smallest absolute Gasteiger partial charge is 0.157 e. The molecular formula is C6H6N2O. The molecule has 0 radical (unpaired) electrons. The molecule has 0 saturated heterocycles. The van der Waals surface area contributed by atoms with E-state index in [1.54, 1.807) is 6.34 Å². The SMILES string of the molecule is C1=NOCc2cccn21. The van der Waals surface area contributed by atoms with Crippen LogP contribution in [-0.4, -0.2) is 10.9 Å². The van der Waals surface area contributed by atoms with Crippen molar-refractivity contribution in [2.24, 2.45) is 5.16 Å². The second-order valence-electron chi connectivity index (χ2n) is 1.90. The maximum absolute atomic E-state index is 4.80. The third kappa shape index (κ3) is 0.614. The van der Waals surface area contributed by atoms with Gasteiger partial charge in [0.25, 0.3) is 0 Å². The van der Waals surface area contributed by atoms with Crippen LogP contribution in [0.3, 0.4) is 0 Å². The van der Waals surface area contributed by atoms with Crippen molar-refractivity contribution in [2.45, 2.75) is 6.61 Å². The zero-order chi connectivity index (χ0) is 6.10. The summed E-state index contributed by atoms with van der Waals surface area (Å²) in [5.74, 6) is 0. The van der Waals surface area contributed by atoms with Crippen molar-refractivity contribution in [2.75, 3.05) is 0 Å². The second-order valence-corrected chi connectivity index (χ2v) is 1.90. The lowest BCUT2D eigenvalue weighted by Gasteiger charge is -2.06. The Hall–Kier alpha value is -1.25. The van der Waals surface area contributed by atoms with Crippen molar-refractivity contribution >= 4 is 6.34 Å². The Balaban J connectivity index is 2.53. The molecule has 0 aromatic carbocycles. The van der Waals surface area contributed by atoms with Crippen molar-refractivity contribution in [3.05, 3.63) is 24.0 Å². The van der Waals surface area contributed by atoms with Gasteiger partial charge < -0.3 is 9.40 Å². The van der Waals surface area contributed by atoms with Gasteiger partial charge in [-0.2, -0.15) is 0 Å². The molecule has 0 unspecified atom stereocenters. The zero-order valence-corrected chi connectivity index (χ0v) is 4.82. The van der Waals surface area contributed by atoms with Gasteiger partial charge in [-0.3, -0.25) is 0 Å². The summed E-state index contributed by atoms with van der Waals surface area (Å²) in [5, 5.41) is 3.63. The van der Waals surface area contributed by atoms with Crippen LogP contribution in [0.5, 0.6) is 0 Å². The molecule has 3 nitrogen and oxygen atoms in total. The molecule has 1 aromatic rings. The van der Waals surface area contributed by atoms with E-state index >= 15 is 0 Å². The summed E-state index contributed by atoms with van der Waals surface area (Å²) in [6.45, 7) is 0.587. The predicted molar refractivity (Wildman–Crippen MR) is 33.1 cm³/mol. The van der Waals surface area contributed by atoms with E-state index in [1.165, 1.54) is 0 Å². The van der Waals surface area contributed by atoms with E-state index in [4.69, 9.17) is 4.84 Å². The van der Waals surface area contributed by atoms with E-state index in [2.05, 4.69) is 5.16 Å². The number of rotatable bonds is 0. The lowest BCUT2D eigenvalue weighted by atomic mass is 10.4. The molecule has 0 spiro atoms. The Morgan fingerprint density at radius 1 is 1.67 bits per heavy atom. The summed E-state index contributed by atoms with van der Waals surface area (Å²) < 4.78 is 1.93. The normalized spacial score (nSPS) is 14.7. The number of nitrogens with zero attached hydrogens (tertiary/aromatic N) is 2. The molecule has 1 aromatic heterocycles. The molecule has 2 heterocycles. The van der Waals surface area contributed by atoms with Crippen LogP contribution in [0.2, 0.25) is 0 Å². The molecule has 0 saturated carbocycles. The fourth-order valence-corrected chi connectivity index (χ4v) is 0.851. The number of fused-ring (bicyclic) bond motifs is 1. The lowest BCUT2D eigenvalue weighted by molar-refractivity contribution is 0.120. The van der Waals surface area contributed by atoms with Crippen LogP contribution < -0.4 is 0 Å². The van der Waals surface area contributed by atoms with Gasteiger partial charge in [-0.25, -0.2) is 0 Å². The number of aromatic nitrogens is 1. The van der Waals surface area contributed by atoms with Crippen LogP contribution in [0.25, 0.3) is 0 Å². The zero-order valence-electron chi connectivity index (χ0n) is 4.82. The summed E-state index contributed by atoms with van der Waals surface area (Å²) in [4.78, 5) is 4.80. The minimum absolute atomic E-state index is 0.587. The molecule has 0 aliphatic carbocycles. The first-order valence-electron chi connectivity index (χ1n) is 2.78. The third-order valence-corrected chi connectivity index (χ3v) is 1.33. The molecule has 0 amide bonds. The Kier molecular flexibility index (Phi) is 0.828. The fourth-order valence-electron chi connectivity index (χ4n) is 0.851. The molecule has 0 atom stereocenters. The highest BCUT2D eigenvalue weighted by Crippen LogP contribution is 2.04. The molecule has 3 heteroatoms. The van der Waals surface area contributed by atoms with Gasteiger partial charge in [0.05, 0.1) is 5.69 Å². The van der Waals surface area contributed by atoms with Crippen LogP contribution in [0.15, 0.2) is 23.5 Å². The molecule has 0 N–H and O–H groups in total. The molecule has 2 rings (SSSR count). The van der Waals surface area contributed by atoms with E-state index in [-0.39, 0.29) is 0 Å². The molecular weight excluding hydrogens is 116 g/mol. The number of hydrogen-bond acceptors (Lipinski definition) is 2. The van der Waals surface area contributed by atoms with Crippen LogP contribution in [0.1, 0.15) is 5.69 Å². The first kappa shape index (κ1) is 4.61. The maximum Gasteiger partial charge on any atom is 0.157 e. The van der Waals surface area contributed by atoms with Gasteiger partial charge >= 0.3 is 0 Å². The number of hydrogen-bond donors (Lipinski definition) is 0. The van der Waals surface area contributed by atoms with E-state index in [0.29, 0.717) is 6.61 Å². The summed E-state index contributed by atoms with van der Waals surface area (Å²) in [6.07, 6.45) is 3.60. The highest BCUT2D eigenvalue weighted by Gasteiger charge is 2.01. The standard InChI is InChI=1S/C6H6N2O/c1-2-6-4-9-7-5-8(6)3-1/h1-3,5H,4H2. The average molecular weight is 122 g/mol. The summed E-state index contributed by atoms with van der Waals surface area (Å²) in [5.41, 5.74) is 1.14. The van der Waals surface area contributed by atoms with Gasteiger partial charge in [-0.15, -0.1) is 0 Å². The Morgan fingerprint density at radius 3 is 3.56 bits per heavy atom. The molecule has 1 aliphatic heterocycles. The van der Waals surface area contributed by atoms with E-state index in [9.17, 15) is 0 Å². The van der Waals surface area contributed by atoms with Crippen molar-refractivity contribution in [1.29, 1.82) is 0 Å². The Bertz CT molecular complexity index is 239. The largest absolute Gasteiger partial charge is 0.388 e. The summed E-state index contributed by atoms with van der Waals surface area (Å²) in [7, 11) is 0. The minimum Gasteiger partial charge on any atom is -0.388 e. The highest BCUT2D eigenvalue weighted by atomic mass is 16.6. The predicted octanol–water partition coefficient (Wildman–Crippen LogP) is 0.810. The van der Waals surface area contributed by atoms with E-state index in [1.807, 2.05) is 22.9 Å². The fraction of sp³-hybridized carbons (Fsp3) is 0.167. The average Bonchev–Trinajstić information content (AvgIpc) is 2.33. The van der Waals surface area contributed by atoms with Gasteiger partial charge in [0, 0.05) is 6.20 Å². The molecule has 0 fully saturated rings. The van der Waals surface area contributed by atoms with Crippen molar-refractivity contribution in [3.8, 4) is 0 Å².